The highest BCUT2D eigenvalue weighted by molar-refractivity contribution is 6.30. The van der Waals surface area contributed by atoms with E-state index in [9.17, 15) is 13.2 Å². The van der Waals surface area contributed by atoms with Crippen LogP contribution in [0.1, 0.15) is 41.3 Å². The number of hydrogen-bond donors (Lipinski definition) is 0. The molecule has 1 aliphatic heterocycles. The molecule has 3 nitrogen and oxygen atoms in total. The van der Waals surface area contributed by atoms with Crippen LogP contribution in [0.5, 0.6) is 5.75 Å². The lowest BCUT2D eigenvalue weighted by Crippen LogP contribution is -2.28. The van der Waals surface area contributed by atoms with Crippen LogP contribution in [0.4, 0.5) is 13.2 Å². The molecule has 0 radical (unpaired) electrons. The Kier molecular flexibility index (Phi) is 6.59. The van der Waals surface area contributed by atoms with E-state index >= 15 is 0 Å². The fourth-order valence-corrected chi connectivity index (χ4v) is 4.29. The molecule has 33 heavy (non-hydrogen) atoms. The molecule has 0 aromatic heterocycles. The Labute approximate surface area is 200 Å². The quantitative estimate of drug-likeness (QED) is 0.366. The first-order valence-electron chi connectivity index (χ1n) is 10.3. The Morgan fingerprint density at radius 2 is 1.48 bits per heavy atom. The number of halogens is 5. The van der Waals surface area contributed by atoms with Crippen LogP contribution in [0.2, 0.25) is 10.0 Å². The molecule has 2 unspecified atom stereocenters. The van der Waals surface area contributed by atoms with Crippen molar-refractivity contribution in [3.05, 3.63) is 99.0 Å². The predicted molar refractivity (Wildman–Crippen MR) is 125 cm³/mol. The smallest absolute Gasteiger partial charge is 0.416 e. The van der Waals surface area contributed by atoms with Gasteiger partial charge in [-0.3, -0.25) is 4.99 Å². The molecule has 3 aromatic rings. The molecule has 2 atom stereocenters. The van der Waals surface area contributed by atoms with Crippen LogP contribution in [0.25, 0.3) is 0 Å². The number of amidine groups is 1. The topological polar surface area (TPSA) is 24.8 Å². The Morgan fingerprint density at radius 1 is 0.909 bits per heavy atom. The van der Waals surface area contributed by atoms with Gasteiger partial charge in [0.1, 0.15) is 17.6 Å². The van der Waals surface area contributed by atoms with Crippen LogP contribution < -0.4 is 4.74 Å². The molecule has 1 heterocycles. The van der Waals surface area contributed by atoms with Crippen LogP contribution >= 0.6 is 23.2 Å². The van der Waals surface area contributed by atoms with Gasteiger partial charge in [0.15, 0.2) is 0 Å². The molecule has 172 valence electrons. The zero-order valence-corrected chi connectivity index (χ0v) is 19.4. The van der Waals surface area contributed by atoms with Crippen LogP contribution in [-0.4, -0.2) is 24.4 Å². The van der Waals surface area contributed by atoms with Crippen molar-refractivity contribution < 1.29 is 17.9 Å². The SMILES string of the molecule is CCOc1cc(C(F)(F)F)ccc1C1=NC(c2ccc(Cl)cc2)C(c2ccc(Cl)cc2)N1C. The van der Waals surface area contributed by atoms with Gasteiger partial charge in [0.25, 0.3) is 0 Å². The fourth-order valence-electron chi connectivity index (χ4n) is 4.04. The molecule has 0 fully saturated rings. The summed E-state index contributed by atoms with van der Waals surface area (Å²) in [5.41, 5.74) is 1.65. The summed E-state index contributed by atoms with van der Waals surface area (Å²) in [6.45, 7) is 1.96. The third-order valence-electron chi connectivity index (χ3n) is 5.58. The highest BCUT2D eigenvalue weighted by atomic mass is 35.5. The fraction of sp³-hybridized carbons (Fsp3) is 0.240. The molecule has 0 aliphatic carbocycles. The van der Waals surface area contributed by atoms with Crippen molar-refractivity contribution in [2.24, 2.45) is 4.99 Å². The average molecular weight is 493 g/mol. The van der Waals surface area contributed by atoms with E-state index in [4.69, 9.17) is 32.9 Å². The van der Waals surface area contributed by atoms with Crippen molar-refractivity contribution in [1.82, 2.24) is 4.90 Å². The maximum absolute atomic E-state index is 13.3. The van der Waals surface area contributed by atoms with Crippen molar-refractivity contribution in [1.29, 1.82) is 0 Å². The van der Waals surface area contributed by atoms with Crippen molar-refractivity contribution in [3.8, 4) is 5.75 Å². The molecule has 4 rings (SSSR count). The van der Waals surface area contributed by atoms with Crippen LogP contribution in [0.15, 0.2) is 71.7 Å². The van der Waals surface area contributed by atoms with Crippen molar-refractivity contribution in [2.75, 3.05) is 13.7 Å². The number of hydrogen-bond acceptors (Lipinski definition) is 3. The number of rotatable bonds is 5. The van der Waals surface area contributed by atoms with Gasteiger partial charge in [-0.1, -0.05) is 47.5 Å². The lowest BCUT2D eigenvalue weighted by Gasteiger charge is -2.28. The Bertz CT molecular complexity index is 1160. The van der Waals surface area contributed by atoms with Gasteiger partial charge in [0, 0.05) is 17.1 Å². The van der Waals surface area contributed by atoms with E-state index in [1.54, 1.807) is 19.1 Å². The summed E-state index contributed by atoms with van der Waals surface area (Å²) in [4.78, 5) is 6.93. The molecule has 0 bridgehead atoms. The predicted octanol–water partition coefficient (Wildman–Crippen LogP) is 7.59. The monoisotopic (exact) mass is 492 g/mol. The number of nitrogens with zero attached hydrogens (tertiary/aromatic N) is 2. The standard InChI is InChI=1S/C25H21Cl2F3N2O/c1-3-33-21-14-17(25(28,29)30)8-13-20(21)24-31-22(15-4-9-18(26)10-5-15)23(32(24)2)16-6-11-19(27)12-7-16/h4-14,22-23H,3H2,1-2H3. The highest BCUT2D eigenvalue weighted by Gasteiger charge is 2.38. The van der Waals surface area contributed by atoms with Crippen LogP contribution in [0.3, 0.4) is 0 Å². The first-order chi connectivity index (χ1) is 15.7. The van der Waals surface area contributed by atoms with Gasteiger partial charge in [0.05, 0.1) is 23.8 Å². The number of alkyl halides is 3. The Balaban J connectivity index is 1.83. The van der Waals surface area contributed by atoms with E-state index in [2.05, 4.69) is 0 Å². The first-order valence-corrected chi connectivity index (χ1v) is 11.1. The Hall–Kier alpha value is -2.70. The molecular weight excluding hydrogens is 472 g/mol. The van der Waals surface area contributed by atoms with E-state index in [1.807, 2.05) is 48.3 Å². The Morgan fingerprint density at radius 3 is 2.03 bits per heavy atom. The molecule has 1 aliphatic rings. The summed E-state index contributed by atoms with van der Waals surface area (Å²) in [5, 5.41) is 1.23. The molecule has 3 aromatic carbocycles. The summed E-state index contributed by atoms with van der Waals surface area (Å²) < 4.78 is 45.5. The normalized spacial score (nSPS) is 18.4. The van der Waals surface area contributed by atoms with Gasteiger partial charge in [-0.2, -0.15) is 13.2 Å². The number of likely N-dealkylation sites (N-methyl/N-ethyl adjacent to an activating group) is 1. The maximum Gasteiger partial charge on any atom is 0.416 e. The summed E-state index contributed by atoms with van der Waals surface area (Å²) in [5.74, 6) is 0.691. The van der Waals surface area contributed by atoms with Crippen molar-refractivity contribution in [3.63, 3.8) is 0 Å². The summed E-state index contributed by atoms with van der Waals surface area (Å²) in [6, 6.07) is 17.9. The van der Waals surface area contributed by atoms with E-state index < -0.39 is 11.7 Å². The summed E-state index contributed by atoms with van der Waals surface area (Å²) in [6.07, 6.45) is -4.47. The van der Waals surface area contributed by atoms with Crippen molar-refractivity contribution in [2.45, 2.75) is 25.2 Å². The van der Waals surface area contributed by atoms with Gasteiger partial charge in [-0.15, -0.1) is 0 Å². The minimum absolute atomic E-state index is 0.143. The van der Waals surface area contributed by atoms with Crippen LogP contribution in [-0.2, 0) is 6.18 Å². The molecule has 8 heteroatoms. The number of ether oxygens (including phenoxy) is 1. The van der Waals surface area contributed by atoms with Gasteiger partial charge in [0.2, 0.25) is 0 Å². The highest BCUT2D eigenvalue weighted by Crippen LogP contribution is 2.44. The molecule has 0 spiro atoms. The lowest BCUT2D eigenvalue weighted by atomic mass is 9.94. The van der Waals surface area contributed by atoms with Gasteiger partial charge in [-0.05, 0) is 60.5 Å². The third-order valence-corrected chi connectivity index (χ3v) is 6.09. The lowest BCUT2D eigenvalue weighted by molar-refractivity contribution is -0.137. The van der Waals surface area contributed by atoms with E-state index in [1.165, 1.54) is 6.07 Å². The summed E-state index contributed by atoms with van der Waals surface area (Å²) >= 11 is 12.2. The van der Waals surface area contributed by atoms with E-state index in [-0.39, 0.29) is 24.4 Å². The average Bonchev–Trinajstić information content (AvgIpc) is 3.11. The van der Waals surface area contributed by atoms with Gasteiger partial charge >= 0.3 is 6.18 Å². The zero-order chi connectivity index (χ0) is 23.8. The van der Waals surface area contributed by atoms with Crippen LogP contribution in [0, 0.1) is 0 Å². The minimum Gasteiger partial charge on any atom is -0.493 e. The minimum atomic E-state index is -4.47. The number of benzene rings is 3. The third kappa shape index (κ3) is 4.82. The second-order valence-electron chi connectivity index (χ2n) is 7.70. The summed E-state index contributed by atoms with van der Waals surface area (Å²) in [7, 11) is 1.88. The van der Waals surface area contributed by atoms with Gasteiger partial charge in [-0.25, -0.2) is 0 Å². The second-order valence-corrected chi connectivity index (χ2v) is 8.57. The number of aliphatic imine (C=N–C) groups is 1. The van der Waals surface area contributed by atoms with Crippen molar-refractivity contribution >= 4 is 29.0 Å². The molecule has 0 N–H and O–H groups in total. The molecule has 0 amide bonds. The van der Waals surface area contributed by atoms with Gasteiger partial charge < -0.3 is 9.64 Å². The second kappa shape index (κ2) is 9.27. The largest absolute Gasteiger partial charge is 0.493 e. The molecular formula is C25H21Cl2F3N2O. The zero-order valence-electron chi connectivity index (χ0n) is 17.9. The first kappa shape index (κ1) is 23.5. The molecule has 0 saturated carbocycles. The van der Waals surface area contributed by atoms with E-state index in [0.29, 0.717) is 21.4 Å². The molecule has 0 saturated heterocycles. The van der Waals surface area contributed by atoms with E-state index in [0.717, 1.165) is 23.3 Å². The maximum atomic E-state index is 13.3.